The van der Waals surface area contributed by atoms with Crippen LogP contribution in [0, 0.1) is 11.8 Å². The minimum atomic E-state index is -0.0527. The molecule has 138 valence electrons. The Balaban J connectivity index is 1.33. The fourth-order valence-corrected chi connectivity index (χ4v) is 5.37. The highest BCUT2D eigenvalue weighted by molar-refractivity contribution is 5.99. The fourth-order valence-electron chi connectivity index (χ4n) is 5.37. The predicted octanol–water partition coefficient (Wildman–Crippen LogP) is 0.922. The van der Waals surface area contributed by atoms with Crippen LogP contribution >= 0.6 is 0 Å². The molecule has 3 aliphatic heterocycles. The first-order valence-electron chi connectivity index (χ1n) is 9.84. The minimum Gasteiger partial charge on any atom is -0.350 e. The van der Waals surface area contributed by atoms with Crippen LogP contribution in [-0.2, 0) is 0 Å². The van der Waals surface area contributed by atoms with E-state index in [0.717, 1.165) is 19.0 Å². The summed E-state index contributed by atoms with van der Waals surface area (Å²) in [5.74, 6) is 1.36. The average Bonchev–Trinajstić information content (AvgIpc) is 3.17. The van der Waals surface area contributed by atoms with Crippen LogP contribution < -0.4 is 10.6 Å². The summed E-state index contributed by atoms with van der Waals surface area (Å²) < 4.78 is 1.78. The van der Waals surface area contributed by atoms with Gasteiger partial charge >= 0.3 is 0 Å². The average molecular weight is 354 g/mol. The Labute approximate surface area is 153 Å². The third-order valence-corrected chi connectivity index (χ3v) is 6.56. The number of hydrogen-bond donors (Lipinski definition) is 2. The molecule has 2 bridgehead atoms. The van der Waals surface area contributed by atoms with E-state index in [-0.39, 0.29) is 5.91 Å². The Bertz CT molecular complexity index is 804. The van der Waals surface area contributed by atoms with Crippen molar-refractivity contribution in [1.82, 2.24) is 30.1 Å². The summed E-state index contributed by atoms with van der Waals surface area (Å²) >= 11 is 0. The number of hydrogen-bond acceptors (Lipinski definition) is 5. The van der Waals surface area contributed by atoms with Crippen molar-refractivity contribution in [3.05, 3.63) is 30.2 Å². The van der Waals surface area contributed by atoms with Crippen molar-refractivity contribution < 1.29 is 4.79 Å². The van der Waals surface area contributed by atoms with Gasteiger partial charge in [-0.25, -0.2) is 0 Å². The number of aromatic nitrogens is 3. The summed E-state index contributed by atoms with van der Waals surface area (Å²) in [6, 6.07) is 4.81. The number of pyridine rings is 1. The second-order valence-corrected chi connectivity index (χ2v) is 7.98. The van der Waals surface area contributed by atoms with Gasteiger partial charge in [-0.1, -0.05) is 6.42 Å². The molecule has 3 fully saturated rings. The lowest BCUT2D eigenvalue weighted by Gasteiger charge is -2.55. The van der Waals surface area contributed by atoms with Crippen LogP contribution in [0.1, 0.15) is 36.0 Å². The molecule has 5 rings (SSSR count). The first-order chi connectivity index (χ1) is 12.8. The Morgan fingerprint density at radius 3 is 3.19 bits per heavy atom. The Kier molecular flexibility index (Phi) is 4.13. The number of fused-ring (bicyclic) bond motifs is 5. The van der Waals surface area contributed by atoms with Gasteiger partial charge in [0.2, 0.25) is 0 Å². The van der Waals surface area contributed by atoms with E-state index in [4.69, 9.17) is 0 Å². The maximum absolute atomic E-state index is 12.8. The standard InChI is InChI=1S/C19H26N6O/c26-19(15-4-3-6-24-12-22-23-18(15)24)21-11-17-14-8-13(9-20-10-14)16-5-1-2-7-25(16)17/h3-4,6,12-14,16-17,20H,1-2,5,7-11H2,(H,21,26)/t13-,14+,16+,17+/m1/s1. The summed E-state index contributed by atoms with van der Waals surface area (Å²) in [7, 11) is 0. The van der Waals surface area contributed by atoms with E-state index < -0.39 is 0 Å². The lowest BCUT2D eigenvalue weighted by atomic mass is 9.73. The maximum atomic E-state index is 12.8. The van der Waals surface area contributed by atoms with E-state index in [2.05, 4.69) is 25.7 Å². The van der Waals surface area contributed by atoms with Gasteiger partial charge in [-0.15, -0.1) is 10.2 Å². The van der Waals surface area contributed by atoms with Crippen molar-refractivity contribution in [2.24, 2.45) is 11.8 Å². The van der Waals surface area contributed by atoms with Gasteiger partial charge < -0.3 is 10.6 Å². The van der Waals surface area contributed by atoms with Gasteiger partial charge in [-0.05, 0) is 62.9 Å². The van der Waals surface area contributed by atoms with Crippen LogP contribution in [0.2, 0.25) is 0 Å². The molecule has 1 amide bonds. The zero-order valence-electron chi connectivity index (χ0n) is 15.0. The Morgan fingerprint density at radius 1 is 1.31 bits per heavy atom. The number of carbonyl (C=O) groups excluding carboxylic acids is 1. The normalized spacial score (nSPS) is 31.5. The topological polar surface area (TPSA) is 74.6 Å². The van der Waals surface area contributed by atoms with E-state index in [1.165, 1.54) is 32.2 Å². The van der Waals surface area contributed by atoms with Crippen LogP contribution in [0.15, 0.2) is 24.7 Å². The summed E-state index contributed by atoms with van der Waals surface area (Å²) in [6.07, 6.45) is 8.72. The van der Waals surface area contributed by atoms with Crippen LogP contribution in [0.25, 0.3) is 5.65 Å². The van der Waals surface area contributed by atoms with Crippen molar-refractivity contribution in [2.75, 3.05) is 26.2 Å². The number of rotatable bonds is 3. The van der Waals surface area contributed by atoms with E-state index >= 15 is 0 Å². The van der Waals surface area contributed by atoms with Crippen LogP contribution in [0.4, 0.5) is 0 Å². The molecule has 0 aromatic carbocycles. The number of piperidine rings is 3. The predicted molar refractivity (Wildman–Crippen MR) is 97.9 cm³/mol. The first-order valence-corrected chi connectivity index (χ1v) is 9.84. The molecule has 7 heteroatoms. The quantitative estimate of drug-likeness (QED) is 0.857. The van der Waals surface area contributed by atoms with E-state index in [1.54, 1.807) is 10.7 Å². The fraction of sp³-hybridized carbons (Fsp3) is 0.632. The lowest BCUT2D eigenvalue weighted by molar-refractivity contribution is -0.0371. The highest BCUT2D eigenvalue weighted by Crippen LogP contribution is 2.38. The molecule has 3 saturated heterocycles. The van der Waals surface area contributed by atoms with Crippen molar-refractivity contribution in [1.29, 1.82) is 0 Å². The number of nitrogens with zero attached hydrogens (tertiary/aromatic N) is 4. The molecule has 2 aromatic rings. The summed E-state index contributed by atoms with van der Waals surface area (Å²) in [6.45, 7) is 4.12. The second kappa shape index (κ2) is 6.63. The summed E-state index contributed by atoms with van der Waals surface area (Å²) in [5, 5.41) is 14.8. The molecule has 0 radical (unpaired) electrons. The van der Waals surface area contributed by atoms with Crippen LogP contribution in [0.5, 0.6) is 0 Å². The third kappa shape index (κ3) is 2.70. The molecule has 26 heavy (non-hydrogen) atoms. The maximum Gasteiger partial charge on any atom is 0.255 e. The van der Waals surface area contributed by atoms with Crippen molar-refractivity contribution >= 4 is 11.6 Å². The molecule has 4 atom stereocenters. The number of nitrogens with one attached hydrogen (secondary N) is 2. The monoisotopic (exact) mass is 354 g/mol. The highest BCUT2D eigenvalue weighted by atomic mass is 16.1. The minimum absolute atomic E-state index is 0.0527. The molecule has 3 aliphatic rings. The molecule has 2 aromatic heterocycles. The Morgan fingerprint density at radius 2 is 2.23 bits per heavy atom. The van der Waals surface area contributed by atoms with Gasteiger partial charge in [0, 0.05) is 24.8 Å². The molecule has 0 saturated carbocycles. The van der Waals surface area contributed by atoms with Gasteiger partial charge in [0.25, 0.3) is 5.91 Å². The molecule has 5 heterocycles. The SMILES string of the molecule is O=C(NC[C@H]1[C@@H]2CNC[C@@H](C2)[C@@H]2CCCCN21)c1cccn2cnnc12. The molecule has 7 nitrogen and oxygen atoms in total. The Hall–Kier alpha value is -1.99. The van der Waals surface area contributed by atoms with Crippen molar-refractivity contribution in [3.63, 3.8) is 0 Å². The second-order valence-electron chi connectivity index (χ2n) is 7.98. The van der Waals surface area contributed by atoms with Crippen molar-refractivity contribution in [2.45, 2.75) is 37.8 Å². The van der Waals surface area contributed by atoms with E-state index in [0.29, 0.717) is 35.8 Å². The molecule has 0 unspecified atom stereocenters. The van der Waals surface area contributed by atoms with Gasteiger partial charge in [-0.3, -0.25) is 14.1 Å². The molecule has 2 N–H and O–H groups in total. The van der Waals surface area contributed by atoms with Gasteiger partial charge in [0.1, 0.15) is 6.33 Å². The first kappa shape index (κ1) is 16.2. The van der Waals surface area contributed by atoms with Crippen LogP contribution in [0.3, 0.4) is 0 Å². The molecule has 0 aliphatic carbocycles. The van der Waals surface area contributed by atoms with Crippen molar-refractivity contribution in [3.8, 4) is 0 Å². The smallest absolute Gasteiger partial charge is 0.255 e. The number of amides is 1. The third-order valence-electron chi connectivity index (χ3n) is 6.56. The molecular formula is C19H26N6O. The summed E-state index contributed by atoms with van der Waals surface area (Å²) in [4.78, 5) is 15.5. The highest BCUT2D eigenvalue weighted by Gasteiger charge is 2.45. The number of carbonyl (C=O) groups is 1. The molecule has 0 spiro atoms. The van der Waals surface area contributed by atoms with E-state index in [1.807, 2.05) is 18.3 Å². The van der Waals surface area contributed by atoms with Gasteiger partial charge in [0.05, 0.1) is 5.56 Å². The largest absolute Gasteiger partial charge is 0.350 e. The van der Waals surface area contributed by atoms with Crippen LogP contribution in [-0.4, -0.2) is 63.7 Å². The van der Waals surface area contributed by atoms with Gasteiger partial charge in [0.15, 0.2) is 5.65 Å². The lowest BCUT2D eigenvalue weighted by Crippen LogP contribution is -2.65. The molecular weight excluding hydrogens is 328 g/mol. The summed E-state index contributed by atoms with van der Waals surface area (Å²) in [5.41, 5.74) is 1.21. The van der Waals surface area contributed by atoms with Gasteiger partial charge in [-0.2, -0.15) is 0 Å². The van der Waals surface area contributed by atoms with E-state index in [9.17, 15) is 4.79 Å². The zero-order chi connectivity index (χ0) is 17.5. The zero-order valence-corrected chi connectivity index (χ0v) is 15.0.